The summed E-state index contributed by atoms with van der Waals surface area (Å²) in [5, 5.41) is 3.73. The summed E-state index contributed by atoms with van der Waals surface area (Å²) in [5.74, 6) is 0. The summed E-state index contributed by atoms with van der Waals surface area (Å²) in [6, 6.07) is 1.20. The lowest BCUT2D eigenvalue weighted by Crippen LogP contribution is -1.95. The molecule has 4 nitrogen and oxygen atoms in total. The van der Waals surface area contributed by atoms with Crippen LogP contribution in [0.1, 0.15) is 12.1 Å². The maximum atomic E-state index is 12.5. The molecule has 0 aliphatic carbocycles. The lowest BCUT2D eigenvalue weighted by molar-refractivity contribution is 0.146. The van der Waals surface area contributed by atoms with Crippen molar-refractivity contribution in [1.29, 1.82) is 0 Å². The normalized spacial score (nSPS) is 11.1. The highest BCUT2D eigenvalue weighted by Gasteiger charge is 2.13. The van der Waals surface area contributed by atoms with Crippen LogP contribution in [0.2, 0.25) is 5.28 Å². The molecule has 0 aromatic carbocycles. The van der Waals surface area contributed by atoms with E-state index < -0.39 is 6.43 Å². The predicted molar refractivity (Wildman–Crippen MR) is 54.2 cm³/mol. The molecule has 0 saturated heterocycles. The van der Waals surface area contributed by atoms with E-state index in [0.29, 0.717) is 11.3 Å². The van der Waals surface area contributed by atoms with Crippen LogP contribution in [0.4, 0.5) is 8.78 Å². The van der Waals surface area contributed by atoms with E-state index in [9.17, 15) is 8.78 Å². The third kappa shape index (κ3) is 2.16. The number of alkyl halides is 2. The summed E-state index contributed by atoms with van der Waals surface area (Å²) in [5.41, 5.74) is 0.566. The van der Waals surface area contributed by atoms with Crippen LogP contribution in [0.25, 0.3) is 11.3 Å². The van der Waals surface area contributed by atoms with Crippen molar-refractivity contribution >= 4 is 11.6 Å². The molecule has 16 heavy (non-hydrogen) atoms. The fourth-order valence-electron chi connectivity index (χ4n) is 1.25. The predicted octanol–water partition coefficient (Wildman–Crippen LogP) is 2.47. The number of hydrogen-bond donors (Lipinski definition) is 0. The van der Waals surface area contributed by atoms with E-state index in [1.54, 1.807) is 17.9 Å². The van der Waals surface area contributed by atoms with Gasteiger partial charge >= 0.3 is 0 Å². The first-order valence-corrected chi connectivity index (χ1v) is 4.75. The Morgan fingerprint density at radius 3 is 2.69 bits per heavy atom. The van der Waals surface area contributed by atoms with Crippen molar-refractivity contribution in [3.05, 3.63) is 29.4 Å². The maximum absolute atomic E-state index is 12.5. The van der Waals surface area contributed by atoms with Crippen molar-refractivity contribution in [3.8, 4) is 11.3 Å². The SMILES string of the molecule is Cn1cc(-c2cc(C(F)F)nc(Cl)n2)cn1. The summed E-state index contributed by atoms with van der Waals surface area (Å²) >= 11 is 5.57. The zero-order valence-corrected chi connectivity index (χ0v) is 8.99. The smallest absolute Gasteiger partial charge is 0.275 e. The number of aromatic nitrogens is 4. The van der Waals surface area contributed by atoms with Crippen molar-refractivity contribution in [2.75, 3.05) is 0 Å². The zero-order valence-electron chi connectivity index (χ0n) is 8.23. The summed E-state index contributed by atoms with van der Waals surface area (Å²) in [7, 11) is 1.72. The Labute approximate surface area is 94.9 Å². The number of halogens is 3. The minimum absolute atomic E-state index is 0.198. The van der Waals surface area contributed by atoms with Crippen molar-refractivity contribution in [3.63, 3.8) is 0 Å². The van der Waals surface area contributed by atoms with Crippen LogP contribution in [0.5, 0.6) is 0 Å². The molecule has 0 fully saturated rings. The average Bonchev–Trinajstić information content (AvgIpc) is 2.64. The maximum Gasteiger partial charge on any atom is 0.280 e. The molecule has 0 bridgehead atoms. The summed E-state index contributed by atoms with van der Waals surface area (Å²) < 4.78 is 26.5. The Bertz CT molecular complexity index is 512. The van der Waals surface area contributed by atoms with Crippen molar-refractivity contribution < 1.29 is 8.78 Å². The number of hydrogen-bond acceptors (Lipinski definition) is 3. The molecule has 0 aliphatic heterocycles. The molecule has 2 aromatic heterocycles. The second-order valence-corrected chi connectivity index (χ2v) is 3.49. The molecule has 0 atom stereocenters. The molecule has 7 heteroatoms. The molecule has 0 unspecified atom stereocenters. The van der Waals surface area contributed by atoms with Crippen LogP contribution in [0, 0.1) is 0 Å². The van der Waals surface area contributed by atoms with Crippen LogP contribution < -0.4 is 0 Å². The van der Waals surface area contributed by atoms with Crippen LogP contribution in [-0.2, 0) is 7.05 Å². The second kappa shape index (κ2) is 4.13. The monoisotopic (exact) mass is 244 g/mol. The summed E-state index contributed by atoms with van der Waals surface area (Å²) in [6.07, 6.45) is 0.512. The van der Waals surface area contributed by atoms with E-state index >= 15 is 0 Å². The van der Waals surface area contributed by atoms with E-state index in [4.69, 9.17) is 11.6 Å². The number of aryl methyl sites for hydroxylation is 1. The molecule has 0 amide bonds. The third-order valence-electron chi connectivity index (χ3n) is 1.94. The van der Waals surface area contributed by atoms with Crippen LogP contribution >= 0.6 is 11.6 Å². The highest BCUT2D eigenvalue weighted by atomic mass is 35.5. The Morgan fingerprint density at radius 1 is 1.38 bits per heavy atom. The third-order valence-corrected chi connectivity index (χ3v) is 2.11. The molecule has 0 N–H and O–H groups in total. The molecular weight excluding hydrogens is 238 g/mol. The molecular formula is C9H7ClF2N4. The minimum atomic E-state index is -2.67. The lowest BCUT2D eigenvalue weighted by atomic mass is 10.2. The average molecular weight is 245 g/mol. The molecule has 2 aromatic rings. The van der Waals surface area contributed by atoms with Crippen LogP contribution in [0.15, 0.2) is 18.5 Å². The van der Waals surface area contributed by atoms with E-state index in [1.807, 2.05) is 0 Å². The van der Waals surface area contributed by atoms with Gasteiger partial charge in [0.05, 0.1) is 11.9 Å². The van der Waals surface area contributed by atoms with Gasteiger partial charge in [0.25, 0.3) is 6.43 Å². The fraction of sp³-hybridized carbons (Fsp3) is 0.222. The summed E-state index contributed by atoms with van der Waals surface area (Å²) in [6.45, 7) is 0. The van der Waals surface area contributed by atoms with Gasteiger partial charge in [0.2, 0.25) is 5.28 Å². The van der Waals surface area contributed by atoms with E-state index in [1.165, 1.54) is 12.3 Å². The van der Waals surface area contributed by atoms with E-state index in [-0.39, 0.29) is 11.0 Å². The van der Waals surface area contributed by atoms with Gasteiger partial charge in [0.15, 0.2) is 0 Å². The van der Waals surface area contributed by atoms with Crippen LogP contribution in [0.3, 0.4) is 0 Å². The second-order valence-electron chi connectivity index (χ2n) is 3.15. The first kappa shape index (κ1) is 10.9. The number of rotatable bonds is 2. The van der Waals surface area contributed by atoms with Crippen LogP contribution in [-0.4, -0.2) is 19.7 Å². The molecule has 2 heterocycles. The van der Waals surface area contributed by atoms with Gasteiger partial charge in [-0.05, 0) is 17.7 Å². The molecule has 0 radical (unpaired) electrons. The van der Waals surface area contributed by atoms with Gasteiger partial charge in [-0.1, -0.05) is 0 Å². The van der Waals surface area contributed by atoms with Crippen molar-refractivity contribution in [1.82, 2.24) is 19.7 Å². The molecule has 0 saturated carbocycles. The Balaban J connectivity index is 2.49. The minimum Gasteiger partial charge on any atom is -0.275 e. The molecule has 84 valence electrons. The van der Waals surface area contributed by atoms with Gasteiger partial charge in [-0.2, -0.15) is 5.10 Å². The molecule has 0 spiro atoms. The Hall–Kier alpha value is -1.56. The molecule has 2 rings (SSSR count). The largest absolute Gasteiger partial charge is 0.280 e. The standard InChI is InChI=1S/C9H7ClF2N4/c1-16-4-5(3-13-16)6-2-7(8(11)12)15-9(10)14-6/h2-4,8H,1H3. The first-order chi connectivity index (χ1) is 7.56. The van der Waals surface area contributed by atoms with E-state index in [2.05, 4.69) is 15.1 Å². The quantitative estimate of drug-likeness (QED) is 0.763. The van der Waals surface area contributed by atoms with Gasteiger partial charge < -0.3 is 0 Å². The fourth-order valence-corrected chi connectivity index (χ4v) is 1.44. The Morgan fingerprint density at radius 2 is 2.12 bits per heavy atom. The zero-order chi connectivity index (χ0) is 11.7. The van der Waals surface area contributed by atoms with Crippen molar-refractivity contribution in [2.24, 2.45) is 7.05 Å². The van der Waals surface area contributed by atoms with Gasteiger partial charge in [-0.25, -0.2) is 18.7 Å². The van der Waals surface area contributed by atoms with E-state index in [0.717, 1.165) is 0 Å². The highest BCUT2D eigenvalue weighted by molar-refractivity contribution is 6.28. The molecule has 0 aliphatic rings. The van der Waals surface area contributed by atoms with Crippen molar-refractivity contribution in [2.45, 2.75) is 6.43 Å². The van der Waals surface area contributed by atoms with Gasteiger partial charge in [-0.3, -0.25) is 4.68 Å². The lowest BCUT2D eigenvalue weighted by Gasteiger charge is -2.02. The topological polar surface area (TPSA) is 43.6 Å². The highest BCUT2D eigenvalue weighted by Crippen LogP contribution is 2.23. The van der Waals surface area contributed by atoms with Gasteiger partial charge in [0, 0.05) is 18.8 Å². The first-order valence-electron chi connectivity index (χ1n) is 4.38. The summed E-state index contributed by atoms with van der Waals surface area (Å²) in [4.78, 5) is 7.31. The van der Waals surface area contributed by atoms with Gasteiger partial charge in [-0.15, -0.1) is 0 Å². The van der Waals surface area contributed by atoms with Gasteiger partial charge in [0.1, 0.15) is 5.69 Å². The number of nitrogens with zero attached hydrogens (tertiary/aromatic N) is 4. The Kier molecular flexibility index (Phi) is 2.82.